The molecular formula is C7H15Rf-. The van der Waals surface area contributed by atoms with Crippen LogP contribution in [0.4, 0.5) is 0 Å². The van der Waals surface area contributed by atoms with Crippen LogP contribution in [0, 0.1) is 6.42 Å². The van der Waals surface area contributed by atoms with Gasteiger partial charge in [-0.3, -0.25) is 0 Å². The van der Waals surface area contributed by atoms with Crippen molar-refractivity contribution >= 4 is 0 Å². The van der Waals surface area contributed by atoms with Crippen molar-refractivity contribution in [1.82, 2.24) is 0 Å². The van der Waals surface area contributed by atoms with E-state index in [9.17, 15) is 0 Å². The molecule has 1 rings (SSSR count). The van der Waals surface area contributed by atoms with Crippen molar-refractivity contribution in [3.8, 4) is 0 Å². The van der Waals surface area contributed by atoms with E-state index in [1.165, 1.54) is 25.7 Å². The van der Waals surface area contributed by atoms with Crippen LogP contribution in [0.2, 0.25) is 0 Å². The summed E-state index contributed by atoms with van der Waals surface area (Å²) in [4.78, 5) is 0. The molecule has 1 aliphatic rings. The number of hydrogen-bond donors (Lipinski definition) is 0. The first-order chi connectivity index (χ1) is 3.50. The van der Waals surface area contributed by atoms with Gasteiger partial charge in [-0.2, -0.15) is 12.8 Å². The molecule has 0 bridgehead atoms. The minimum atomic E-state index is 0. The van der Waals surface area contributed by atoms with E-state index in [4.69, 9.17) is 0 Å². The molecule has 0 aromatic heterocycles. The SMILES string of the molecule is CC.[CH-]1CCCC1.[Rf]. The van der Waals surface area contributed by atoms with Crippen molar-refractivity contribution in [3.05, 3.63) is 6.42 Å². The second-order valence-corrected chi connectivity index (χ2v) is 1.57. The van der Waals surface area contributed by atoms with Crippen molar-refractivity contribution in [3.63, 3.8) is 0 Å². The molecule has 0 aromatic carbocycles. The molecule has 0 aliphatic heterocycles. The minimum Gasteiger partial charge on any atom is -0.328 e. The molecule has 8 heavy (non-hydrogen) atoms. The van der Waals surface area contributed by atoms with E-state index in [0.717, 1.165) is 0 Å². The summed E-state index contributed by atoms with van der Waals surface area (Å²) in [6, 6.07) is 0. The maximum atomic E-state index is 2.36. The van der Waals surface area contributed by atoms with Crippen LogP contribution in [0.3, 0.4) is 0 Å². The molecule has 0 nitrogen and oxygen atoms in total. The van der Waals surface area contributed by atoms with Gasteiger partial charge in [-0.05, 0) is 0 Å². The molecule has 0 spiro atoms. The van der Waals surface area contributed by atoms with Gasteiger partial charge in [-0.25, -0.2) is 0 Å². The van der Waals surface area contributed by atoms with Crippen LogP contribution in [0.25, 0.3) is 0 Å². The van der Waals surface area contributed by atoms with Crippen molar-refractivity contribution in [1.29, 1.82) is 0 Å². The van der Waals surface area contributed by atoms with Gasteiger partial charge in [-0.1, -0.05) is 26.7 Å². The molecule has 1 aliphatic carbocycles. The summed E-state index contributed by atoms with van der Waals surface area (Å²) in [5, 5.41) is 0. The molecule has 0 saturated heterocycles. The van der Waals surface area contributed by atoms with E-state index >= 15 is 0 Å². The molecule has 1 fully saturated rings. The van der Waals surface area contributed by atoms with E-state index in [2.05, 4.69) is 6.42 Å². The van der Waals surface area contributed by atoms with Crippen LogP contribution in [0.15, 0.2) is 0 Å². The molecule has 0 N–H and O–H groups in total. The Bertz CT molecular complexity index is 16.0. The second kappa shape index (κ2) is 9.38. The number of hydrogen-bond acceptors (Lipinski definition) is 0. The Morgan fingerprint density at radius 1 is 1.00 bits per heavy atom. The fourth-order valence-corrected chi connectivity index (χ4v) is 0.722. The monoisotopic (exact) mass is 366 g/mol. The van der Waals surface area contributed by atoms with E-state index in [-0.39, 0.29) is 0 Å². The average molecular weight is 366 g/mol. The van der Waals surface area contributed by atoms with Crippen molar-refractivity contribution in [2.45, 2.75) is 39.5 Å². The van der Waals surface area contributed by atoms with Crippen LogP contribution in [-0.4, -0.2) is 0 Å². The van der Waals surface area contributed by atoms with Gasteiger partial charge in [0.25, 0.3) is 0 Å². The predicted molar refractivity (Wildman–Crippen MR) is 34.1 cm³/mol. The standard InChI is InChI=1S/C5H9.C2H6.Rf/c1-2-4-5-3-1;1-2;/h1H,2-5H2;1-2H3;/q-1;;. The molecule has 46 valence electrons. The Balaban J connectivity index is 0. The van der Waals surface area contributed by atoms with E-state index in [1.807, 2.05) is 13.8 Å². The van der Waals surface area contributed by atoms with Gasteiger partial charge in [0.2, 0.25) is 0 Å². The summed E-state index contributed by atoms with van der Waals surface area (Å²) < 4.78 is 0. The zero-order chi connectivity index (χ0) is 5.54. The number of rotatable bonds is 0. The summed E-state index contributed by atoms with van der Waals surface area (Å²) in [5.74, 6) is 0. The molecule has 0 radical (unpaired) electrons. The third-order valence-corrected chi connectivity index (χ3v) is 1.07. The van der Waals surface area contributed by atoms with Crippen molar-refractivity contribution in [2.24, 2.45) is 0 Å². The van der Waals surface area contributed by atoms with Gasteiger partial charge in [0.15, 0.2) is 0 Å². The van der Waals surface area contributed by atoms with Gasteiger partial charge in [0.1, 0.15) is 0 Å². The predicted octanol–water partition coefficient (Wildman–Crippen LogP) is 2.79. The van der Waals surface area contributed by atoms with Crippen LogP contribution in [0.1, 0.15) is 39.5 Å². The van der Waals surface area contributed by atoms with Crippen LogP contribution < -0.4 is 0 Å². The van der Waals surface area contributed by atoms with Crippen LogP contribution in [-0.2, 0) is 0 Å². The molecule has 0 atom stereocenters. The molecular weight excluding hydrogens is 351 g/mol. The molecule has 1 saturated carbocycles. The molecule has 0 unspecified atom stereocenters. The first-order valence-electron chi connectivity index (χ1n) is 3.32. The van der Waals surface area contributed by atoms with Crippen molar-refractivity contribution in [2.75, 3.05) is 0 Å². The minimum absolute atomic E-state index is 0. The first-order valence-corrected chi connectivity index (χ1v) is 3.32. The second-order valence-electron chi connectivity index (χ2n) is 1.57. The summed E-state index contributed by atoms with van der Waals surface area (Å²) in [6.45, 7) is 4.00. The third kappa shape index (κ3) is 5.00. The fraction of sp³-hybridized carbons (Fsp3) is 0.857. The van der Waals surface area contributed by atoms with Crippen molar-refractivity contribution < 1.29 is 0 Å². The topological polar surface area (TPSA) is 0 Å². The average Bonchev–Trinajstić information content (AvgIpc) is 2.23. The molecule has 0 amide bonds. The molecule has 0 heterocycles. The van der Waals surface area contributed by atoms with Crippen LogP contribution in [0.5, 0.6) is 0 Å². The van der Waals surface area contributed by atoms with Gasteiger partial charge < -0.3 is 6.42 Å². The summed E-state index contributed by atoms with van der Waals surface area (Å²) in [6.07, 6.45) is 8.00. The van der Waals surface area contributed by atoms with Gasteiger partial charge >= 0.3 is 0 Å². The Hall–Kier alpha value is -1.00. The summed E-state index contributed by atoms with van der Waals surface area (Å²) in [5.41, 5.74) is 0. The first kappa shape index (κ1) is 10.1. The Kier molecular flexibility index (Phi) is 11.8. The van der Waals surface area contributed by atoms with E-state index in [1.54, 1.807) is 0 Å². The quantitative estimate of drug-likeness (QED) is 0.579. The normalized spacial score (nSPS) is 15.8. The maximum absolute atomic E-state index is 2.36. The largest absolute Gasteiger partial charge is 0.328 e. The zero-order valence-electron chi connectivity index (χ0n) is 6.11. The van der Waals surface area contributed by atoms with Gasteiger partial charge in [0.05, 0.1) is 0 Å². The summed E-state index contributed by atoms with van der Waals surface area (Å²) in [7, 11) is 0. The van der Waals surface area contributed by atoms with Crippen LogP contribution >= 0.6 is 0 Å². The fourth-order valence-electron chi connectivity index (χ4n) is 0.722. The van der Waals surface area contributed by atoms with E-state index < -0.39 is 0 Å². The van der Waals surface area contributed by atoms with Gasteiger partial charge in [-0.15, -0.1) is 0 Å². The third-order valence-electron chi connectivity index (χ3n) is 1.07. The Morgan fingerprint density at radius 3 is 1.50 bits per heavy atom. The van der Waals surface area contributed by atoms with E-state index in [0.29, 0.717) is 0 Å². The molecule has 1 heteroatoms. The zero-order valence-corrected chi connectivity index (χ0v) is 12.5. The summed E-state index contributed by atoms with van der Waals surface area (Å²) >= 11 is 0. The Labute approximate surface area is 46.9 Å². The maximum Gasteiger partial charge on any atom is 0 e. The smallest absolute Gasteiger partial charge is 0 e. The Morgan fingerprint density at radius 2 is 1.38 bits per heavy atom. The van der Waals surface area contributed by atoms with Gasteiger partial charge in [0, 0.05) is 0 Å². The molecule has 0 aromatic rings.